The summed E-state index contributed by atoms with van der Waals surface area (Å²) in [6.07, 6.45) is 9.22. The van der Waals surface area contributed by atoms with Gasteiger partial charge in [0.15, 0.2) is 0 Å². The number of hydrogen-bond donors (Lipinski definition) is 1. The molecule has 18 heavy (non-hydrogen) atoms. The molecule has 1 rings (SSSR count). The van der Waals surface area contributed by atoms with Crippen LogP contribution in [0.1, 0.15) is 59.8 Å². The standard InChI is InChI=1S/C16H33NS/c1-6-15(12-18-5)17-11-13-7-9-14(10-8-13)16(2,3)4/h13-15,17H,6-12H2,1-5H3. The van der Waals surface area contributed by atoms with Crippen LogP contribution in [-0.2, 0) is 0 Å². The van der Waals surface area contributed by atoms with Crippen LogP contribution in [0.5, 0.6) is 0 Å². The topological polar surface area (TPSA) is 12.0 Å². The third kappa shape index (κ3) is 5.52. The Bertz CT molecular complexity index is 214. The van der Waals surface area contributed by atoms with Gasteiger partial charge >= 0.3 is 0 Å². The van der Waals surface area contributed by atoms with E-state index in [2.05, 4.69) is 39.3 Å². The van der Waals surface area contributed by atoms with E-state index >= 15 is 0 Å². The molecule has 1 N–H and O–H groups in total. The van der Waals surface area contributed by atoms with Crippen LogP contribution in [0.3, 0.4) is 0 Å². The summed E-state index contributed by atoms with van der Waals surface area (Å²) in [7, 11) is 0. The lowest BCUT2D eigenvalue weighted by atomic mass is 9.70. The summed E-state index contributed by atoms with van der Waals surface area (Å²) >= 11 is 1.96. The second-order valence-corrected chi connectivity index (χ2v) is 7.96. The van der Waals surface area contributed by atoms with E-state index in [1.165, 1.54) is 44.4 Å². The molecule has 0 aromatic rings. The molecule has 0 aliphatic heterocycles. The Morgan fingerprint density at radius 3 is 2.22 bits per heavy atom. The van der Waals surface area contributed by atoms with Gasteiger partial charge in [0.2, 0.25) is 0 Å². The second-order valence-electron chi connectivity index (χ2n) is 7.05. The number of nitrogens with one attached hydrogen (secondary N) is 1. The fourth-order valence-electron chi connectivity index (χ4n) is 3.09. The van der Waals surface area contributed by atoms with Gasteiger partial charge in [-0.05, 0) is 62.2 Å². The minimum Gasteiger partial charge on any atom is -0.313 e. The predicted octanol–water partition coefficient (Wildman–Crippen LogP) is 4.57. The third-order valence-corrected chi connectivity index (χ3v) is 5.36. The van der Waals surface area contributed by atoms with Crippen molar-refractivity contribution in [3.8, 4) is 0 Å². The minimum atomic E-state index is 0.517. The minimum absolute atomic E-state index is 0.517. The summed E-state index contributed by atoms with van der Waals surface area (Å²) in [4.78, 5) is 0. The Balaban J connectivity index is 2.23. The van der Waals surface area contributed by atoms with Gasteiger partial charge in [-0.1, -0.05) is 27.7 Å². The fraction of sp³-hybridized carbons (Fsp3) is 1.00. The van der Waals surface area contributed by atoms with Crippen LogP contribution >= 0.6 is 11.8 Å². The van der Waals surface area contributed by atoms with Gasteiger partial charge in [-0.25, -0.2) is 0 Å². The Hall–Kier alpha value is 0.310. The Kier molecular flexibility index (Phi) is 7.08. The van der Waals surface area contributed by atoms with Gasteiger partial charge < -0.3 is 5.32 Å². The van der Waals surface area contributed by atoms with E-state index in [0.717, 1.165) is 17.9 Å². The molecule has 0 heterocycles. The molecule has 0 spiro atoms. The first-order chi connectivity index (χ1) is 8.47. The average Bonchev–Trinajstić information content (AvgIpc) is 2.34. The monoisotopic (exact) mass is 271 g/mol. The van der Waals surface area contributed by atoms with Gasteiger partial charge in [0.25, 0.3) is 0 Å². The first kappa shape index (κ1) is 16.4. The zero-order valence-electron chi connectivity index (χ0n) is 13.1. The Morgan fingerprint density at radius 1 is 1.17 bits per heavy atom. The van der Waals surface area contributed by atoms with Crippen LogP contribution in [-0.4, -0.2) is 24.6 Å². The summed E-state index contributed by atoms with van der Waals surface area (Å²) in [5, 5.41) is 3.77. The highest BCUT2D eigenvalue weighted by atomic mass is 32.2. The van der Waals surface area contributed by atoms with E-state index in [1.807, 2.05) is 11.8 Å². The van der Waals surface area contributed by atoms with Gasteiger partial charge in [-0.2, -0.15) is 11.8 Å². The molecule has 0 amide bonds. The molecule has 2 heteroatoms. The van der Waals surface area contributed by atoms with Crippen LogP contribution in [0.25, 0.3) is 0 Å². The fourth-order valence-corrected chi connectivity index (χ4v) is 3.84. The zero-order chi connectivity index (χ0) is 13.6. The normalized spacial score (nSPS) is 27.2. The largest absolute Gasteiger partial charge is 0.313 e. The molecule has 0 aromatic carbocycles. The van der Waals surface area contributed by atoms with Crippen LogP contribution in [0.2, 0.25) is 0 Å². The molecule has 1 saturated carbocycles. The Labute approximate surface area is 119 Å². The smallest absolute Gasteiger partial charge is 0.0155 e. The zero-order valence-corrected chi connectivity index (χ0v) is 13.9. The van der Waals surface area contributed by atoms with Crippen molar-refractivity contribution in [2.45, 2.75) is 65.8 Å². The van der Waals surface area contributed by atoms with Gasteiger partial charge in [-0.3, -0.25) is 0 Å². The maximum atomic E-state index is 3.77. The molecular formula is C16H33NS. The second kappa shape index (κ2) is 7.79. The quantitative estimate of drug-likeness (QED) is 0.759. The summed E-state index contributed by atoms with van der Waals surface area (Å²) in [5.41, 5.74) is 0.517. The molecule has 1 nitrogen and oxygen atoms in total. The number of hydrogen-bond acceptors (Lipinski definition) is 2. The predicted molar refractivity (Wildman–Crippen MR) is 85.4 cm³/mol. The highest BCUT2D eigenvalue weighted by Gasteiger charge is 2.29. The molecule has 1 aliphatic rings. The van der Waals surface area contributed by atoms with Crippen LogP contribution in [0.4, 0.5) is 0 Å². The first-order valence-electron chi connectivity index (χ1n) is 7.69. The van der Waals surface area contributed by atoms with Crippen molar-refractivity contribution in [3.05, 3.63) is 0 Å². The van der Waals surface area contributed by atoms with E-state index in [0.29, 0.717) is 5.41 Å². The molecule has 108 valence electrons. The molecule has 0 bridgehead atoms. The van der Waals surface area contributed by atoms with Gasteiger partial charge in [-0.15, -0.1) is 0 Å². The average molecular weight is 272 g/mol. The van der Waals surface area contributed by atoms with Gasteiger partial charge in [0.05, 0.1) is 0 Å². The number of rotatable bonds is 6. The van der Waals surface area contributed by atoms with E-state index in [4.69, 9.17) is 0 Å². The summed E-state index contributed by atoms with van der Waals surface area (Å²) in [5.74, 6) is 3.13. The molecule has 1 aliphatic carbocycles. The van der Waals surface area contributed by atoms with E-state index in [-0.39, 0.29) is 0 Å². The first-order valence-corrected chi connectivity index (χ1v) is 9.09. The SMILES string of the molecule is CCC(CSC)NCC1CCC(C(C)(C)C)CC1. The van der Waals surface area contributed by atoms with Crippen molar-refractivity contribution in [3.63, 3.8) is 0 Å². The van der Waals surface area contributed by atoms with Gasteiger partial charge in [0, 0.05) is 11.8 Å². The lowest BCUT2D eigenvalue weighted by Gasteiger charge is -2.37. The number of thioether (sulfide) groups is 1. The van der Waals surface area contributed by atoms with Crippen molar-refractivity contribution < 1.29 is 0 Å². The van der Waals surface area contributed by atoms with Crippen molar-refractivity contribution in [2.75, 3.05) is 18.6 Å². The maximum absolute atomic E-state index is 3.77. The van der Waals surface area contributed by atoms with Crippen molar-refractivity contribution in [1.82, 2.24) is 5.32 Å². The lowest BCUT2D eigenvalue weighted by molar-refractivity contribution is 0.148. The molecule has 0 radical (unpaired) electrons. The van der Waals surface area contributed by atoms with E-state index < -0.39 is 0 Å². The summed E-state index contributed by atoms with van der Waals surface area (Å²) < 4.78 is 0. The molecule has 0 saturated heterocycles. The van der Waals surface area contributed by atoms with Gasteiger partial charge in [0.1, 0.15) is 0 Å². The van der Waals surface area contributed by atoms with Crippen molar-refractivity contribution in [1.29, 1.82) is 0 Å². The van der Waals surface area contributed by atoms with Crippen LogP contribution in [0, 0.1) is 17.3 Å². The highest BCUT2D eigenvalue weighted by molar-refractivity contribution is 7.98. The third-order valence-electron chi connectivity index (χ3n) is 4.63. The summed E-state index contributed by atoms with van der Waals surface area (Å²) in [6.45, 7) is 10.8. The lowest BCUT2D eigenvalue weighted by Crippen LogP contribution is -2.36. The van der Waals surface area contributed by atoms with Crippen LogP contribution in [0.15, 0.2) is 0 Å². The molecule has 1 fully saturated rings. The highest BCUT2D eigenvalue weighted by Crippen LogP contribution is 2.39. The summed E-state index contributed by atoms with van der Waals surface area (Å²) in [6, 6.07) is 0.723. The van der Waals surface area contributed by atoms with E-state index in [1.54, 1.807) is 0 Å². The molecule has 1 unspecified atom stereocenters. The van der Waals surface area contributed by atoms with Crippen LogP contribution < -0.4 is 5.32 Å². The molecule has 0 aromatic heterocycles. The molecule has 1 atom stereocenters. The maximum Gasteiger partial charge on any atom is 0.0155 e. The van der Waals surface area contributed by atoms with E-state index in [9.17, 15) is 0 Å². The molecular weight excluding hydrogens is 238 g/mol. The van der Waals surface area contributed by atoms with Crippen molar-refractivity contribution >= 4 is 11.8 Å². The van der Waals surface area contributed by atoms with Crippen molar-refractivity contribution in [2.24, 2.45) is 17.3 Å². The Morgan fingerprint density at radius 2 is 1.78 bits per heavy atom.